The van der Waals surface area contributed by atoms with Crippen LogP contribution in [-0.2, 0) is 17.8 Å². The molecule has 6 heteroatoms. The van der Waals surface area contributed by atoms with Crippen LogP contribution in [0.5, 0.6) is 5.75 Å². The summed E-state index contributed by atoms with van der Waals surface area (Å²) in [4.78, 5) is 15.6. The van der Waals surface area contributed by atoms with Gasteiger partial charge in [0.1, 0.15) is 18.2 Å². The highest BCUT2D eigenvalue weighted by Gasteiger charge is 2.41. The maximum atomic E-state index is 13.7. The maximum absolute atomic E-state index is 13.7. The summed E-state index contributed by atoms with van der Waals surface area (Å²) in [7, 11) is 0. The van der Waals surface area contributed by atoms with Crippen molar-refractivity contribution in [3.63, 3.8) is 0 Å². The molecule has 40 heavy (non-hydrogen) atoms. The van der Waals surface area contributed by atoms with Gasteiger partial charge >= 0.3 is 0 Å². The van der Waals surface area contributed by atoms with Crippen LogP contribution < -0.4 is 15.4 Å². The van der Waals surface area contributed by atoms with Gasteiger partial charge in [-0.2, -0.15) is 5.26 Å². The molecular formula is C34H34ClN3O2. The molecule has 3 aromatic carbocycles. The van der Waals surface area contributed by atoms with Crippen LogP contribution in [-0.4, -0.2) is 5.78 Å². The second-order valence-electron chi connectivity index (χ2n) is 10.6. The van der Waals surface area contributed by atoms with Crippen molar-refractivity contribution >= 4 is 23.1 Å². The number of nitrogens with two attached hydrogens (primary N) is 1. The number of nitrogens with zero attached hydrogens (tertiary/aromatic N) is 2. The van der Waals surface area contributed by atoms with E-state index in [9.17, 15) is 10.1 Å². The number of anilines is 1. The first kappa shape index (κ1) is 27.6. The number of allylic oxidation sites excluding steroid dienone is 3. The minimum atomic E-state index is -0.520. The Bertz CT molecular complexity index is 1610. The van der Waals surface area contributed by atoms with Gasteiger partial charge < -0.3 is 10.5 Å². The summed E-state index contributed by atoms with van der Waals surface area (Å²) in [6.07, 6.45) is 2.77. The van der Waals surface area contributed by atoms with Crippen molar-refractivity contribution in [3.8, 4) is 11.8 Å². The van der Waals surface area contributed by atoms with Gasteiger partial charge in [0, 0.05) is 22.7 Å². The Kier molecular flexibility index (Phi) is 7.74. The first-order valence-electron chi connectivity index (χ1n) is 13.8. The zero-order valence-corrected chi connectivity index (χ0v) is 24.2. The molecular weight excluding hydrogens is 518 g/mol. The van der Waals surface area contributed by atoms with Crippen LogP contribution in [0, 0.1) is 32.1 Å². The predicted octanol–water partition coefficient (Wildman–Crippen LogP) is 7.71. The van der Waals surface area contributed by atoms with Gasteiger partial charge in [-0.25, -0.2) is 0 Å². The topological polar surface area (TPSA) is 79.3 Å². The number of ketones is 1. The molecule has 0 fully saturated rings. The van der Waals surface area contributed by atoms with E-state index in [1.54, 1.807) is 0 Å². The van der Waals surface area contributed by atoms with Gasteiger partial charge in [0.25, 0.3) is 0 Å². The smallest absolute Gasteiger partial charge is 0.161 e. The molecule has 5 rings (SSSR count). The highest BCUT2D eigenvalue weighted by molar-refractivity contribution is 6.30. The fraction of sp³-hybridized carbons (Fsp3) is 0.294. The number of aryl methyl sites for hydroxylation is 3. The predicted molar refractivity (Wildman–Crippen MR) is 160 cm³/mol. The SMILES string of the molecule is CCc1ccccc1N1C(N)=C(C#N)C(c2cc(C)cc(COc3ccc(Cl)cc3C)c2C)C2=C1CCCC2=O. The molecule has 3 aromatic rings. The lowest BCUT2D eigenvalue weighted by molar-refractivity contribution is -0.116. The normalized spacial score (nSPS) is 17.1. The van der Waals surface area contributed by atoms with E-state index in [0.29, 0.717) is 35.0 Å². The third-order valence-corrected chi connectivity index (χ3v) is 8.29. The van der Waals surface area contributed by atoms with Crippen molar-refractivity contribution < 1.29 is 9.53 Å². The van der Waals surface area contributed by atoms with Crippen molar-refractivity contribution in [2.75, 3.05) is 4.90 Å². The average Bonchev–Trinajstić information content (AvgIpc) is 2.93. The largest absolute Gasteiger partial charge is 0.489 e. The molecule has 2 aliphatic rings. The van der Waals surface area contributed by atoms with Crippen LogP contribution in [0.15, 0.2) is 77.3 Å². The third kappa shape index (κ3) is 4.89. The van der Waals surface area contributed by atoms with Gasteiger partial charge in [-0.15, -0.1) is 0 Å². The van der Waals surface area contributed by atoms with Crippen molar-refractivity contribution in [1.82, 2.24) is 0 Å². The van der Waals surface area contributed by atoms with E-state index < -0.39 is 5.92 Å². The number of ether oxygens (including phenoxy) is 1. The van der Waals surface area contributed by atoms with Gasteiger partial charge in [-0.05, 0) is 92.1 Å². The maximum Gasteiger partial charge on any atom is 0.161 e. The molecule has 0 bridgehead atoms. The van der Waals surface area contributed by atoms with Gasteiger partial charge in [-0.1, -0.05) is 54.4 Å². The first-order chi connectivity index (χ1) is 19.2. The molecule has 0 radical (unpaired) electrons. The van der Waals surface area contributed by atoms with Gasteiger partial charge in [-0.3, -0.25) is 9.69 Å². The molecule has 1 aliphatic carbocycles. The van der Waals surface area contributed by atoms with E-state index >= 15 is 0 Å². The lowest BCUT2D eigenvalue weighted by Crippen LogP contribution is -2.39. The minimum Gasteiger partial charge on any atom is -0.489 e. The Morgan fingerprint density at radius 1 is 1.07 bits per heavy atom. The van der Waals surface area contributed by atoms with Crippen molar-refractivity contribution in [2.24, 2.45) is 5.73 Å². The van der Waals surface area contributed by atoms with Gasteiger partial charge in [0.15, 0.2) is 5.78 Å². The monoisotopic (exact) mass is 551 g/mol. The molecule has 0 aromatic heterocycles. The molecule has 204 valence electrons. The van der Waals surface area contributed by atoms with E-state index in [1.807, 2.05) is 62.1 Å². The van der Waals surface area contributed by atoms with Crippen molar-refractivity contribution in [2.45, 2.75) is 65.9 Å². The Hall–Kier alpha value is -4.01. The fourth-order valence-electron chi connectivity index (χ4n) is 6.04. The number of carbonyl (C=O) groups excluding carboxylic acids is 1. The average molecular weight is 552 g/mol. The fourth-order valence-corrected chi connectivity index (χ4v) is 6.27. The van der Waals surface area contributed by atoms with Crippen LogP contribution in [0.25, 0.3) is 0 Å². The van der Waals surface area contributed by atoms with Gasteiger partial charge in [0.05, 0.1) is 23.2 Å². The van der Waals surface area contributed by atoms with Crippen molar-refractivity contribution in [1.29, 1.82) is 5.26 Å². The van der Waals surface area contributed by atoms with E-state index in [1.165, 1.54) is 0 Å². The number of rotatable bonds is 6. The number of hydrogen-bond acceptors (Lipinski definition) is 5. The minimum absolute atomic E-state index is 0.0842. The summed E-state index contributed by atoms with van der Waals surface area (Å²) in [5, 5.41) is 11.2. The lowest BCUT2D eigenvalue weighted by atomic mass is 9.73. The molecule has 0 saturated heterocycles. The number of Topliss-reactive ketones (excluding diaryl/α,β-unsaturated/α-hetero) is 1. The van der Waals surface area contributed by atoms with Crippen LogP contribution in [0.2, 0.25) is 5.02 Å². The zero-order chi connectivity index (χ0) is 28.6. The number of carbonyl (C=O) groups is 1. The lowest BCUT2D eigenvalue weighted by Gasteiger charge is -2.40. The number of halogens is 1. The molecule has 5 nitrogen and oxygen atoms in total. The molecule has 0 amide bonds. The number of hydrogen-bond donors (Lipinski definition) is 1. The highest BCUT2D eigenvalue weighted by atomic mass is 35.5. The summed E-state index contributed by atoms with van der Waals surface area (Å²) in [5.74, 6) is 0.733. The second-order valence-corrected chi connectivity index (χ2v) is 11.1. The molecule has 2 N–H and O–H groups in total. The number of para-hydroxylation sites is 1. The Morgan fingerprint density at radius 2 is 1.85 bits per heavy atom. The molecule has 0 spiro atoms. The third-order valence-electron chi connectivity index (χ3n) is 8.06. The van der Waals surface area contributed by atoms with E-state index in [0.717, 1.165) is 69.8 Å². The summed E-state index contributed by atoms with van der Waals surface area (Å²) < 4.78 is 6.21. The van der Waals surface area contributed by atoms with Crippen molar-refractivity contribution in [3.05, 3.63) is 116 Å². The standard InChI is InChI=1S/C34H34ClN3O2/c1-5-23-9-6-7-10-28(23)38-29-11-8-12-30(39)33(29)32(27(18-36)34(38)37)26-16-20(2)15-24(22(26)4)19-40-31-14-13-25(35)17-21(31)3/h6-7,9-10,13-17,32H,5,8,11-12,19,37H2,1-4H3. The summed E-state index contributed by atoms with van der Waals surface area (Å²) >= 11 is 6.13. The Morgan fingerprint density at radius 3 is 2.58 bits per heavy atom. The summed E-state index contributed by atoms with van der Waals surface area (Å²) in [5.41, 5.74) is 15.9. The van der Waals surface area contributed by atoms with Crippen LogP contribution in [0.4, 0.5) is 5.69 Å². The first-order valence-corrected chi connectivity index (χ1v) is 14.2. The molecule has 1 unspecified atom stereocenters. The zero-order valence-electron chi connectivity index (χ0n) is 23.5. The summed E-state index contributed by atoms with van der Waals surface area (Å²) in [6, 6.07) is 20.3. The highest BCUT2D eigenvalue weighted by Crippen LogP contribution is 2.48. The number of nitriles is 1. The Balaban J connectivity index is 1.64. The summed E-state index contributed by atoms with van der Waals surface area (Å²) in [6.45, 7) is 8.49. The molecule has 1 atom stereocenters. The van der Waals surface area contributed by atoms with Crippen LogP contribution in [0.1, 0.15) is 65.5 Å². The van der Waals surface area contributed by atoms with E-state index in [4.69, 9.17) is 22.1 Å². The Labute approximate surface area is 241 Å². The molecule has 0 saturated carbocycles. The second kappa shape index (κ2) is 11.2. The quantitative estimate of drug-likeness (QED) is 0.339. The van der Waals surface area contributed by atoms with E-state index in [2.05, 4.69) is 31.2 Å². The van der Waals surface area contributed by atoms with Gasteiger partial charge in [0.2, 0.25) is 0 Å². The molecule has 1 aliphatic heterocycles. The molecule has 1 heterocycles. The van der Waals surface area contributed by atoms with Crippen LogP contribution >= 0.6 is 11.6 Å². The number of benzene rings is 3. The van der Waals surface area contributed by atoms with Crippen LogP contribution in [0.3, 0.4) is 0 Å². The van der Waals surface area contributed by atoms with E-state index in [-0.39, 0.29) is 5.78 Å².